The Labute approximate surface area is 105 Å². The van der Waals surface area contributed by atoms with Gasteiger partial charge in [-0.3, -0.25) is 10.1 Å². The van der Waals surface area contributed by atoms with E-state index in [9.17, 15) is 27.7 Å². The summed E-state index contributed by atoms with van der Waals surface area (Å²) >= 11 is 1.46. The zero-order chi connectivity index (χ0) is 13.2. The molecular formula is C7H3F4IN2O3. The number of hydrogen-bond acceptors (Lipinski definition) is 4. The van der Waals surface area contributed by atoms with E-state index >= 15 is 0 Å². The first-order chi connectivity index (χ1) is 7.74. The summed E-state index contributed by atoms with van der Waals surface area (Å²) in [6.07, 6.45) is -5.09. The minimum absolute atomic E-state index is 0.106. The lowest BCUT2D eigenvalue weighted by molar-refractivity contribution is -0.386. The second-order valence-corrected chi connectivity index (χ2v) is 3.79. The largest absolute Gasteiger partial charge is 0.574 e. The average molecular weight is 366 g/mol. The van der Waals surface area contributed by atoms with Gasteiger partial charge in [-0.2, -0.15) is 0 Å². The van der Waals surface area contributed by atoms with Crippen molar-refractivity contribution in [3.63, 3.8) is 0 Å². The second kappa shape index (κ2) is 4.98. The lowest BCUT2D eigenvalue weighted by atomic mass is 10.2. The van der Waals surface area contributed by atoms with Crippen molar-refractivity contribution in [1.82, 2.24) is 4.98 Å². The number of nitrogens with zero attached hydrogens (tertiary/aromatic N) is 2. The molecule has 0 amide bonds. The quantitative estimate of drug-likeness (QED) is 0.271. The van der Waals surface area contributed by atoms with E-state index in [4.69, 9.17) is 0 Å². The Hall–Kier alpha value is -1.20. The van der Waals surface area contributed by atoms with Gasteiger partial charge in [-0.25, -0.2) is 9.37 Å². The molecule has 0 spiro atoms. The molecule has 0 saturated heterocycles. The van der Waals surface area contributed by atoms with E-state index < -0.39 is 35.1 Å². The minimum Gasteiger partial charge on any atom is -0.387 e. The molecule has 0 unspecified atom stereocenters. The molecule has 0 bridgehead atoms. The predicted octanol–water partition coefficient (Wildman–Crippen LogP) is 2.96. The van der Waals surface area contributed by atoms with Crippen molar-refractivity contribution in [2.45, 2.75) is 13.0 Å². The third-order valence-electron chi connectivity index (χ3n) is 1.57. The number of alkyl halides is 4. The van der Waals surface area contributed by atoms with Gasteiger partial charge in [0.15, 0.2) is 0 Å². The highest BCUT2D eigenvalue weighted by atomic mass is 127. The van der Waals surface area contributed by atoms with Crippen molar-refractivity contribution < 1.29 is 27.2 Å². The summed E-state index contributed by atoms with van der Waals surface area (Å²) in [5.41, 5.74) is -1.64. The summed E-state index contributed by atoms with van der Waals surface area (Å²) < 4.78 is 51.7. The first kappa shape index (κ1) is 13.9. The fourth-order valence-electron chi connectivity index (χ4n) is 0.989. The fourth-order valence-corrected chi connectivity index (χ4v) is 1.50. The molecule has 94 valence electrons. The predicted molar refractivity (Wildman–Crippen MR) is 55.1 cm³/mol. The highest BCUT2D eigenvalue weighted by molar-refractivity contribution is 14.1. The van der Waals surface area contributed by atoms with Gasteiger partial charge in [0.2, 0.25) is 5.88 Å². The third-order valence-corrected chi connectivity index (χ3v) is 2.13. The van der Waals surface area contributed by atoms with Gasteiger partial charge >= 0.3 is 6.36 Å². The van der Waals surface area contributed by atoms with E-state index in [0.717, 1.165) is 6.07 Å². The number of nitro groups is 1. The molecular weight excluding hydrogens is 363 g/mol. The Bertz CT molecular complexity index is 451. The highest BCUT2D eigenvalue weighted by Gasteiger charge is 2.35. The van der Waals surface area contributed by atoms with Crippen LogP contribution >= 0.6 is 22.6 Å². The van der Waals surface area contributed by atoms with E-state index in [2.05, 4.69) is 9.72 Å². The van der Waals surface area contributed by atoms with Gasteiger partial charge < -0.3 is 4.74 Å². The molecule has 10 heteroatoms. The average Bonchev–Trinajstić information content (AvgIpc) is 2.14. The molecule has 1 aromatic rings. The zero-order valence-electron chi connectivity index (χ0n) is 7.79. The van der Waals surface area contributed by atoms with Crippen molar-refractivity contribution in [3.8, 4) is 5.88 Å². The van der Waals surface area contributed by atoms with Crippen LogP contribution in [0, 0.1) is 13.8 Å². The summed E-state index contributed by atoms with van der Waals surface area (Å²) in [4.78, 5) is 12.8. The highest BCUT2D eigenvalue weighted by Crippen LogP contribution is 2.32. The Morgan fingerprint density at radius 3 is 2.53 bits per heavy atom. The van der Waals surface area contributed by atoms with E-state index in [1.54, 1.807) is 0 Å². The van der Waals surface area contributed by atoms with Crippen LogP contribution in [-0.4, -0.2) is 16.3 Å². The fraction of sp³-hybridized carbons (Fsp3) is 0.286. The number of pyridine rings is 1. The van der Waals surface area contributed by atoms with Gasteiger partial charge in [0.05, 0.1) is 4.92 Å². The van der Waals surface area contributed by atoms with E-state index in [-0.39, 0.29) is 3.70 Å². The van der Waals surface area contributed by atoms with Gasteiger partial charge in [0, 0.05) is 6.07 Å². The number of hydrogen-bond donors (Lipinski definition) is 0. The molecule has 1 aromatic heterocycles. The Balaban J connectivity index is 3.33. The molecule has 0 aliphatic rings. The van der Waals surface area contributed by atoms with Crippen LogP contribution in [0.2, 0.25) is 0 Å². The molecule has 0 saturated carbocycles. The summed E-state index contributed by atoms with van der Waals surface area (Å²) in [7, 11) is 0. The van der Waals surface area contributed by atoms with Crippen molar-refractivity contribution in [1.29, 1.82) is 0 Å². The maximum Gasteiger partial charge on any atom is 0.574 e. The Morgan fingerprint density at radius 2 is 2.12 bits per heavy atom. The molecule has 0 aliphatic heterocycles. The molecule has 0 fully saturated rings. The van der Waals surface area contributed by atoms with Crippen molar-refractivity contribution in [2.24, 2.45) is 0 Å². The van der Waals surface area contributed by atoms with E-state index in [1.807, 2.05) is 0 Å². The van der Waals surface area contributed by atoms with Crippen LogP contribution in [0.5, 0.6) is 5.88 Å². The van der Waals surface area contributed by atoms with Crippen LogP contribution in [0.3, 0.4) is 0 Å². The zero-order valence-corrected chi connectivity index (χ0v) is 9.95. The van der Waals surface area contributed by atoms with Gasteiger partial charge in [-0.15, -0.1) is 13.2 Å². The standard InChI is InChI=1S/C7H3F4IN2O3/c8-2-3-4(14(15)16)1-5(12)13-6(3)17-7(9,10)11/h1H,2H2. The molecule has 0 N–H and O–H groups in total. The van der Waals surface area contributed by atoms with Crippen molar-refractivity contribution in [3.05, 3.63) is 25.4 Å². The lowest BCUT2D eigenvalue weighted by Crippen LogP contribution is -2.19. The summed E-state index contributed by atoms with van der Waals surface area (Å²) in [5.74, 6) is -1.14. The molecule has 0 atom stereocenters. The summed E-state index contributed by atoms with van der Waals surface area (Å²) in [5, 5.41) is 10.5. The van der Waals surface area contributed by atoms with E-state index in [1.165, 1.54) is 22.6 Å². The smallest absolute Gasteiger partial charge is 0.387 e. The summed E-state index contributed by atoms with van der Waals surface area (Å²) in [6, 6.07) is 0.860. The number of ether oxygens (including phenoxy) is 1. The van der Waals surface area contributed by atoms with Gasteiger partial charge in [-0.1, -0.05) is 0 Å². The van der Waals surface area contributed by atoms with Crippen LogP contribution in [0.1, 0.15) is 5.56 Å². The maximum atomic E-state index is 12.5. The van der Waals surface area contributed by atoms with Crippen LogP contribution in [0.4, 0.5) is 23.2 Å². The van der Waals surface area contributed by atoms with Gasteiger partial charge in [0.25, 0.3) is 5.69 Å². The van der Waals surface area contributed by atoms with Gasteiger partial charge in [0.1, 0.15) is 15.9 Å². The first-order valence-corrected chi connectivity index (χ1v) is 4.98. The molecule has 5 nitrogen and oxygen atoms in total. The third kappa shape index (κ3) is 3.64. The molecule has 0 aromatic carbocycles. The topological polar surface area (TPSA) is 65.3 Å². The molecule has 1 heterocycles. The van der Waals surface area contributed by atoms with Crippen molar-refractivity contribution in [2.75, 3.05) is 0 Å². The number of halogens is 5. The lowest BCUT2D eigenvalue weighted by Gasteiger charge is -2.10. The van der Waals surface area contributed by atoms with Gasteiger partial charge in [-0.05, 0) is 22.6 Å². The van der Waals surface area contributed by atoms with E-state index in [0.29, 0.717) is 0 Å². The second-order valence-electron chi connectivity index (χ2n) is 2.69. The maximum absolute atomic E-state index is 12.5. The van der Waals surface area contributed by atoms with Crippen LogP contribution < -0.4 is 4.74 Å². The Kier molecular flexibility index (Phi) is 4.06. The van der Waals surface area contributed by atoms with Crippen LogP contribution in [-0.2, 0) is 6.67 Å². The molecule has 0 radical (unpaired) electrons. The number of rotatable bonds is 3. The Morgan fingerprint density at radius 1 is 1.53 bits per heavy atom. The van der Waals surface area contributed by atoms with Crippen LogP contribution in [0.25, 0.3) is 0 Å². The first-order valence-electron chi connectivity index (χ1n) is 3.90. The minimum atomic E-state index is -5.09. The normalized spacial score (nSPS) is 11.4. The van der Waals surface area contributed by atoms with Crippen molar-refractivity contribution >= 4 is 28.3 Å². The molecule has 1 rings (SSSR count). The summed E-state index contributed by atoms with van der Waals surface area (Å²) in [6.45, 7) is -1.48. The van der Waals surface area contributed by atoms with Crippen LogP contribution in [0.15, 0.2) is 6.07 Å². The monoisotopic (exact) mass is 366 g/mol. The SMILES string of the molecule is O=[N+]([O-])c1cc(I)nc(OC(F)(F)F)c1CF. The number of aromatic nitrogens is 1. The molecule has 0 aliphatic carbocycles. The molecule has 17 heavy (non-hydrogen) atoms.